The SMILES string of the molecule is CN(C)C1CCC(C(=O)OCc2ccccc2)CC1. The molecule has 104 valence electrons. The van der Waals surface area contributed by atoms with Gasteiger partial charge in [0, 0.05) is 6.04 Å². The maximum Gasteiger partial charge on any atom is 0.309 e. The minimum absolute atomic E-state index is 0.0268. The number of esters is 1. The lowest BCUT2D eigenvalue weighted by atomic mass is 9.85. The Kier molecular flexibility index (Phi) is 4.97. The highest BCUT2D eigenvalue weighted by molar-refractivity contribution is 5.72. The van der Waals surface area contributed by atoms with Gasteiger partial charge in [0.1, 0.15) is 6.61 Å². The molecule has 1 aliphatic rings. The number of ether oxygens (including phenoxy) is 1. The molecule has 0 heterocycles. The van der Waals surface area contributed by atoms with Gasteiger partial charge in [0.25, 0.3) is 0 Å². The van der Waals surface area contributed by atoms with Crippen LogP contribution in [0.25, 0.3) is 0 Å². The zero-order chi connectivity index (χ0) is 13.7. The van der Waals surface area contributed by atoms with Crippen LogP contribution in [0.3, 0.4) is 0 Å². The molecule has 1 aromatic carbocycles. The lowest BCUT2D eigenvalue weighted by Gasteiger charge is -2.31. The topological polar surface area (TPSA) is 29.5 Å². The van der Waals surface area contributed by atoms with Crippen LogP contribution in [-0.4, -0.2) is 31.0 Å². The molecule has 19 heavy (non-hydrogen) atoms. The van der Waals surface area contributed by atoms with Gasteiger partial charge in [-0.1, -0.05) is 30.3 Å². The summed E-state index contributed by atoms with van der Waals surface area (Å²) in [5.41, 5.74) is 1.05. The first kappa shape index (κ1) is 14.1. The maximum absolute atomic E-state index is 12.0. The molecule has 0 bridgehead atoms. The van der Waals surface area contributed by atoms with E-state index in [-0.39, 0.29) is 11.9 Å². The van der Waals surface area contributed by atoms with Gasteiger partial charge >= 0.3 is 5.97 Å². The van der Waals surface area contributed by atoms with E-state index in [9.17, 15) is 4.79 Å². The molecule has 3 nitrogen and oxygen atoms in total. The fraction of sp³-hybridized carbons (Fsp3) is 0.562. The fourth-order valence-corrected chi connectivity index (χ4v) is 2.67. The summed E-state index contributed by atoms with van der Waals surface area (Å²) in [5.74, 6) is 0.0703. The van der Waals surface area contributed by atoms with Crippen LogP contribution in [0.15, 0.2) is 30.3 Å². The van der Waals surface area contributed by atoms with E-state index in [2.05, 4.69) is 19.0 Å². The molecule has 0 aromatic heterocycles. The van der Waals surface area contributed by atoms with E-state index < -0.39 is 0 Å². The number of benzene rings is 1. The van der Waals surface area contributed by atoms with Gasteiger partial charge in [-0.3, -0.25) is 4.79 Å². The summed E-state index contributed by atoms with van der Waals surface area (Å²) in [6.45, 7) is 0.396. The van der Waals surface area contributed by atoms with Crippen molar-refractivity contribution in [3.8, 4) is 0 Å². The second-order valence-electron chi connectivity index (χ2n) is 5.56. The molecule has 0 spiro atoms. The third kappa shape index (κ3) is 4.06. The van der Waals surface area contributed by atoms with Gasteiger partial charge in [-0.05, 0) is 45.3 Å². The van der Waals surface area contributed by atoms with Crippen LogP contribution >= 0.6 is 0 Å². The molecule has 2 rings (SSSR count). The standard InChI is InChI=1S/C16H23NO2/c1-17(2)15-10-8-14(9-11-15)16(18)19-12-13-6-4-3-5-7-13/h3-7,14-15H,8-12H2,1-2H3. The number of hydrogen-bond acceptors (Lipinski definition) is 3. The Hall–Kier alpha value is -1.35. The van der Waals surface area contributed by atoms with E-state index in [1.165, 1.54) is 0 Å². The molecule has 0 aliphatic heterocycles. The minimum Gasteiger partial charge on any atom is -0.461 e. The molecule has 0 radical (unpaired) electrons. The summed E-state index contributed by atoms with van der Waals surface area (Å²) in [5, 5.41) is 0. The molecule has 0 unspecified atom stereocenters. The largest absolute Gasteiger partial charge is 0.461 e. The summed E-state index contributed by atoms with van der Waals surface area (Å²) in [7, 11) is 4.22. The van der Waals surface area contributed by atoms with E-state index in [1.807, 2.05) is 30.3 Å². The minimum atomic E-state index is -0.0268. The predicted molar refractivity (Wildman–Crippen MR) is 75.7 cm³/mol. The lowest BCUT2D eigenvalue weighted by molar-refractivity contribution is -0.151. The number of carbonyl (C=O) groups is 1. The van der Waals surface area contributed by atoms with Crippen molar-refractivity contribution in [1.29, 1.82) is 0 Å². The average molecular weight is 261 g/mol. The van der Waals surface area contributed by atoms with Crippen LogP contribution in [0.5, 0.6) is 0 Å². The summed E-state index contributed by atoms with van der Waals surface area (Å²) in [6.07, 6.45) is 4.10. The predicted octanol–water partition coefficient (Wildman–Crippen LogP) is 2.85. The smallest absolute Gasteiger partial charge is 0.309 e. The normalized spacial score (nSPS) is 23.3. The monoisotopic (exact) mass is 261 g/mol. The quantitative estimate of drug-likeness (QED) is 0.781. The molecule has 1 aliphatic carbocycles. The van der Waals surface area contributed by atoms with E-state index in [4.69, 9.17) is 4.74 Å². The lowest BCUT2D eigenvalue weighted by Crippen LogP contribution is -2.34. The highest BCUT2D eigenvalue weighted by Crippen LogP contribution is 2.27. The first-order chi connectivity index (χ1) is 9.16. The highest BCUT2D eigenvalue weighted by Gasteiger charge is 2.28. The van der Waals surface area contributed by atoms with Crippen molar-refractivity contribution in [2.45, 2.75) is 38.3 Å². The van der Waals surface area contributed by atoms with Crippen LogP contribution in [0.2, 0.25) is 0 Å². The second kappa shape index (κ2) is 6.71. The summed E-state index contributed by atoms with van der Waals surface area (Å²) >= 11 is 0. The third-order valence-electron chi connectivity index (χ3n) is 3.98. The fourth-order valence-electron chi connectivity index (χ4n) is 2.67. The average Bonchev–Trinajstić information content (AvgIpc) is 2.46. The van der Waals surface area contributed by atoms with Gasteiger partial charge in [-0.15, -0.1) is 0 Å². The first-order valence-corrected chi connectivity index (χ1v) is 7.04. The third-order valence-corrected chi connectivity index (χ3v) is 3.98. The van der Waals surface area contributed by atoms with Crippen molar-refractivity contribution in [3.63, 3.8) is 0 Å². The number of rotatable bonds is 4. The van der Waals surface area contributed by atoms with Crippen molar-refractivity contribution in [1.82, 2.24) is 4.90 Å². The molecule has 0 atom stereocenters. The Bertz CT molecular complexity index is 394. The second-order valence-corrected chi connectivity index (χ2v) is 5.56. The Balaban J connectivity index is 1.76. The van der Waals surface area contributed by atoms with Gasteiger partial charge in [0.15, 0.2) is 0 Å². The van der Waals surface area contributed by atoms with Crippen LogP contribution in [0.1, 0.15) is 31.2 Å². The van der Waals surface area contributed by atoms with Crippen LogP contribution in [0.4, 0.5) is 0 Å². The maximum atomic E-state index is 12.0. The highest BCUT2D eigenvalue weighted by atomic mass is 16.5. The van der Waals surface area contributed by atoms with Gasteiger partial charge in [-0.2, -0.15) is 0 Å². The van der Waals surface area contributed by atoms with Gasteiger partial charge in [0.05, 0.1) is 5.92 Å². The van der Waals surface area contributed by atoms with Crippen molar-refractivity contribution in [2.75, 3.05) is 14.1 Å². The van der Waals surface area contributed by atoms with Crippen LogP contribution in [0, 0.1) is 5.92 Å². The number of carbonyl (C=O) groups excluding carboxylic acids is 1. The van der Waals surface area contributed by atoms with Gasteiger partial charge < -0.3 is 9.64 Å². The molecule has 1 fully saturated rings. The zero-order valence-electron chi connectivity index (χ0n) is 11.8. The van der Waals surface area contributed by atoms with E-state index in [0.717, 1.165) is 31.2 Å². The molecule has 0 N–H and O–H groups in total. The molecular weight excluding hydrogens is 238 g/mol. The molecule has 0 saturated heterocycles. The summed E-state index contributed by atoms with van der Waals surface area (Å²) in [6, 6.07) is 10.5. The molecular formula is C16H23NO2. The van der Waals surface area contributed by atoms with Gasteiger partial charge in [0.2, 0.25) is 0 Å². The molecule has 1 saturated carbocycles. The summed E-state index contributed by atoms with van der Waals surface area (Å²) in [4.78, 5) is 14.3. The van der Waals surface area contributed by atoms with Crippen LogP contribution in [-0.2, 0) is 16.1 Å². The van der Waals surface area contributed by atoms with Crippen LogP contribution < -0.4 is 0 Å². The van der Waals surface area contributed by atoms with Crippen molar-refractivity contribution in [3.05, 3.63) is 35.9 Å². The molecule has 1 aromatic rings. The van der Waals surface area contributed by atoms with Crippen molar-refractivity contribution in [2.24, 2.45) is 5.92 Å². The van der Waals surface area contributed by atoms with E-state index in [0.29, 0.717) is 12.6 Å². The van der Waals surface area contributed by atoms with Gasteiger partial charge in [-0.25, -0.2) is 0 Å². The number of nitrogens with zero attached hydrogens (tertiary/aromatic N) is 1. The Morgan fingerprint density at radius 1 is 1.16 bits per heavy atom. The van der Waals surface area contributed by atoms with E-state index in [1.54, 1.807) is 0 Å². The van der Waals surface area contributed by atoms with E-state index >= 15 is 0 Å². The zero-order valence-corrected chi connectivity index (χ0v) is 11.8. The summed E-state index contributed by atoms with van der Waals surface area (Å²) < 4.78 is 5.41. The number of hydrogen-bond donors (Lipinski definition) is 0. The Labute approximate surface area is 115 Å². The van der Waals surface area contributed by atoms with Crippen molar-refractivity contribution >= 4 is 5.97 Å². The Morgan fingerprint density at radius 3 is 2.37 bits per heavy atom. The molecule has 3 heteroatoms. The first-order valence-electron chi connectivity index (χ1n) is 7.04. The van der Waals surface area contributed by atoms with Crippen molar-refractivity contribution < 1.29 is 9.53 Å². The molecule has 0 amide bonds. The Morgan fingerprint density at radius 2 is 1.79 bits per heavy atom.